The van der Waals surface area contributed by atoms with E-state index in [1.54, 1.807) is 16.9 Å². The van der Waals surface area contributed by atoms with Crippen molar-refractivity contribution in [1.29, 1.82) is 0 Å². The van der Waals surface area contributed by atoms with Crippen molar-refractivity contribution in [3.05, 3.63) is 39.9 Å². The summed E-state index contributed by atoms with van der Waals surface area (Å²) < 4.78 is 15.5. The van der Waals surface area contributed by atoms with Gasteiger partial charge in [0.15, 0.2) is 0 Å². The van der Waals surface area contributed by atoms with Gasteiger partial charge in [-0.25, -0.2) is 9.07 Å². The van der Waals surface area contributed by atoms with Crippen molar-refractivity contribution < 1.29 is 9.50 Å². The minimum atomic E-state index is -0.308. The van der Waals surface area contributed by atoms with Crippen LogP contribution in [-0.4, -0.2) is 26.7 Å². The second-order valence-electron chi connectivity index (χ2n) is 4.13. The maximum absolute atomic E-state index is 13.4. The fourth-order valence-electron chi connectivity index (χ4n) is 1.65. The third kappa shape index (κ3) is 3.51. The van der Waals surface area contributed by atoms with Crippen molar-refractivity contribution in [2.45, 2.75) is 20.0 Å². The topological polar surface area (TPSA) is 63.0 Å². The minimum absolute atomic E-state index is 0.0211. The van der Waals surface area contributed by atoms with Crippen molar-refractivity contribution >= 4 is 21.6 Å². The number of anilines is 1. The van der Waals surface area contributed by atoms with E-state index in [9.17, 15) is 4.39 Å². The highest BCUT2D eigenvalue weighted by Crippen LogP contribution is 2.24. The molecule has 0 saturated heterocycles. The Bertz CT molecular complexity index is 573. The zero-order chi connectivity index (χ0) is 13.8. The summed E-state index contributed by atoms with van der Waals surface area (Å²) in [6.45, 7) is 2.79. The molecule has 2 rings (SSSR count). The molecule has 0 amide bonds. The lowest BCUT2D eigenvalue weighted by Gasteiger charge is -2.09. The van der Waals surface area contributed by atoms with Crippen LogP contribution in [0.2, 0.25) is 0 Å². The summed E-state index contributed by atoms with van der Waals surface area (Å²) in [5.74, 6) is -0.308. The van der Waals surface area contributed by atoms with Gasteiger partial charge in [-0.3, -0.25) is 0 Å². The number of nitrogens with zero attached hydrogens (tertiary/aromatic N) is 3. The van der Waals surface area contributed by atoms with Crippen LogP contribution in [0.25, 0.3) is 0 Å². The highest BCUT2D eigenvalue weighted by atomic mass is 79.9. The predicted molar refractivity (Wildman–Crippen MR) is 73.3 cm³/mol. The molecule has 0 atom stereocenters. The Labute approximate surface area is 118 Å². The quantitative estimate of drug-likeness (QED) is 0.882. The molecule has 0 aliphatic carbocycles. The average Bonchev–Trinajstić information content (AvgIpc) is 2.80. The van der Waals surface area contributed by atoms with Crippen LogP contribution in [0.15, 0.2) is 22.8 Å². The summed E-state index contributed by atoms with van der Waals surface area (Å²) in [5.41, 5.74) is 2.39. The largest absolute Gasteiger partial charge is 0.394 e. The van der Waals surface area contributed by atoms with Gasteiger partial charge >= 0.3 is 0 Å². The van der Waals surface area contributed by atoms with Crippen LogP contribution in [0.1, 0.15) is 11.3 Å². The van der Waals surface area contributed by atoms with Crippen LogP contribution < -0.4 is 5.32 Å². The van der Waals surface area contributed by atoms with Crippen molar-refractivity contribution in [1.82, 2.24) is 15.0 Å². The van der Waals surface area contributed by atoms with E-state index in [0.717, 1.165) is 16.9 Å². The van der Waals surface area contributed by atoms with E-state index in [4.69, 9.17) is 5.11 Å². The number of aliphatic hydroxyl groups excluding tert-OH is 1. The summed E-state index contributed by atoms with van der Waals surface area (Å²) in [4.78, 5) is 0. The SMILES string of the molecule is Cc1cc(Br)c(F)cc1NCc1cn(CCO)nn1. The molecule has 0 unspecified atom stereocenters. The Morgan fingerprint density at radius 3 is 3.00 bits per heavy atom. The Kier molecular flexibility index (Phi) is 4.49. The number of rotatable bonds is 5. The molecule has 0 spiro atoms. The molecule has 1 heterocycles. The average molecular weight is 329 g/mol. The Balaban J connectivity index is 2.03. The minimum Gasteiger partial charge on any atom is -0.394 e. The smallest absolute Gasteiger partial charge is 0.139 e. The molecular formula is C12H14BrFN4O. The van der Waals surface area contributed by atoms with Gasteiger partial charge < -0.3 is 10.4 Å². The molecule has 0 saturated carbocycles. The molecule has 102 valence electrons. The standard InChI is InChI=1S/C12H14BrFN4O/c1-8-4-10(13)11(14)5-12(8)15-6-9-7-18(2-3-19)17-16-9/h4-5,7,15,19H,2-3,6H2,1H3. The number of benzene rings is 1. The van der Waals surface area contributed by atoms with Crippen LogP contribution in [0, 0.1) is 12.7 Å². The van der Waals surface area contributed by atoms with E-state index in [0.29, 0.717) is 17.6 Å². The Hall–Kier alpha value is -1.47. The molecule has 0 radical (unpaired) electrons. The van der Waals surface area contributed by atoms with E-state index < -0.39 is 0 Å². The van der Waals surface area contributed by atoms with Gasteiger partial charge in [-0.05, 0) is 40.5 Å². The fraction of sp³-hybridized carbons (Fsp3) is 0.333. The van der Waals surface area contributed by atoms with Crippen LogP contribution in [-0.2, 0) is 13.1 Å². The van der Waals surface area contributed by atoms with Crippen LogP contribution in [0.4, 0.5) is 10.1 Å². The molecule has 1 aromatic carbocycles. The van der Waals surface area contributed by atoms with Crippen molar-refractivity contribution in [2.24, 2.45) is 0 Å². The number of aliphatic hydroxyl groups is 1. The predicted octanol–water partition coefficient (Wildman–Crippen LogP) is 2.09. The van der Waals surface area contributed by atoms with Gasteiger partial charge in [-0.1, -0.05) is 5.21 Å². The molecule has 5 nitrogen and oxygen atoms in total. The third-order valence-electron chi connectivity index (χ3n) is 2.64. The number of hydrogen-bond donors (Lipinski definition) is 2. The first kappa shape index (κ1) is 14.0. The maximum Gasteiger partial charge on any atom is 0.139 e. The zero-order valence-electron chi connectivity index (χ0n) is 10.4. The lowest BCUT2D eigenvalue weighted by molar-refractivity contribution is 0.268. The van der Waals surface area contributed by atoms with Gasteiger partial charge in [0.1, 0.15) is 11.5 Å². The number of aromatic nitrogens is 3. The van der Waals surface area contributed by atoms with Crippen LogP contribution >= 0.6 is 15.9 Å². The summed E-state index contributed by atoms with van der Waals surface area (Å²) >= 11 is 3.14. The normalized spacial score (nSPS) is 10.7. The van der Waals surface area contributed by atoms with Gasteiger partial charge in [-0.15, -0.1) is 5.10 Å². The van der Waals surface area contributed by atoms with E-state index in [2.05, 4.69) is 31.6 Å². The number of nitrogens with one attached hydrogen (secondary N) is 1. The van der Waals surface area contributed by atoms with Gasteiger partial charge in [0.25, 0.3) is 0 Å². The van der Waals surface area contributed by atoms with E-state index in [1.165, 1.54) is 6.07 Å². The van der Waals surface area contributed by atoms with E-state index >= 15 is 0 Å². The molecule has 0 bridgehead atoms. The summed E-state index contributed by atoms with van der Waals surface area (Å²) in [6, 6.07) is 3.16. The Morgan fingerprint density at radius 1 is 1.47 bits per heavy atom. The van der Waals surface area contributed by atoms with Gasteiger partial charge in [0.05, 0.1) is 30.4 Å². The molecule has 2 N–H and O–H groups in total. The maximum atomic E-state index is 13.4. The molecule has 2 aromatic rings. The summed E-state index contributed by atoms with van der Waals surface area (Å²) in [5, 5.41) is 19.7. The van der Waals surface area contributed by atoms with Crippen LogP contribution in [0.5, 0.6) is 0 Å². The highest BCUT2D eigenvalue weighted by molar-refractivity contribution is 9.10. The first-order valence-electron chi connectivity index (χ1n) is 5.79. The lowest BCUT2D eigenvalue weighted by Crippen LogP contribution is -2.03. The monoisotopic (exact) mass is 328 g/mol. The van der Waals surface area contributed by atoms with E-state index in [-0.39, 0.29) is 12.4 Å². The first-order chi connectivity index (χ1) is 9.10. The number of hydrogen-bond acceptors (Lipinski definition) is 4. The zero-order valence-corrected chi connectivity index (χ0v) is 12.0. The molecular weight excluding hydrogens is 315 g/mol. The molecule has 0 fully saturated rings. The third-order valence-corrected chi connectivity index (χ3v) is 3.25. The van der Waals surface area contributed by atoms with Crippen molar-refractivity contribution in [3.63, 3.8) is 0 Å². The fourth-order valence-corrected chi connectivity index (χ4v) is 2.11. The van der Waals surface area contributed by atoms with Gasteiger partial charge in [0.2, 0.25) is 0 Å². The molecule has 0 aliphatic heterocycles. The van der Waals surface area contributed by atoms with Gasteiger partial charge in [0, 0.05) is 5.69 Å². The lowest BCUT2D eigenvalue weighted by atomic mass is 10.2. The second kappa shape index (κ2) is 6.12. The molecule has 7 heteroatoms. The Morgan fingerprint density at radius 2 is 2.26 bits per heavy atom. The van der Waals surface area contributed by atoms with Crippen molar-refractivity contribution in [3.8, 4) is 0 Å². The van der Waals surface area contributed by atoms with E-state index in [1.807, 2.05) is 6.92 Å². The molecule has 1 aromatic heterocycles. The van der Waals surface area contributed by atoms with Crippen molar-refractivity contribution in [2.75, 3.05) is 11.9 Å². The highest BCUT2D eigenvalue weighted by Gasteiger charge is 2.06. The molecule has 0 aliphatic rings. The molecule has 19 heavy (non-hydrogen) atoms. The summed E-state index contributed by atoms with van der Waals surface area (Å²) in [6.07, 6.45) is 1.74. The second-order valence-corrected chi connectivity index (χ2v) is 4.99. The number of aryl methyl sites for hydroxylation is 1. The van der Waals surface area contributed by atoms with Crippen LogP contribution in [0.3, 0.4) is 0 Å². The summed E-state index contributed by atoms with van der Waals surface area (Å²) in [7, 11) is 0. The van der Waals surface area contributed by atoms with Gasteiger partial charge in [-0.2, -0.15) is 0 Å². The first-order valence-corrected chi connectivity index (χ1v) is 6.59. The number of halogens is 2.